The number of hydroxylamine groups is 2. The molecule has 146 valence electrons. The van der Waals surface area contributed by atoms with Gasteiger partial charge in [0.25, 0.3) is 0 Å². The van der Waals surface area contributed by atoms with Crippen molar-refractivity contribution >= 4 is 28.9 Å². The summed E-state index contributed by atoms with van der Waals surface area (Å²) in [6.07, 6.45) is 4.87. The second-order valence-electron chi connectivity index (χ2n) is 7.09. The van der Waals surface area contributed by atoms with Crippen LogP contribution in [-0.2, 0) is 9.59 Å². The number of amides is 2. The first-order valence-corrected chi connectivity index (χ1v) is 9.64. The average Bonchev–Trinajstić information content (AvgIpc) is 3.19. The summed E-state index contributed by atoms with van der Waals surface area (Å²) in [6, 6.07) is 8.30. The summed E-state index contributed by atoms with van der Waals surface area (Å²) < 4.78 is 0. The quantitative estimate of drug-likeness (QED) is 0.424. The molecule has 2 N–H and O–H groups in total. The molecule has 0 bridgehead atoms. The van der Waals surface area contributed by atoms with Crippen molar-refractivity contribution in [2.45, 2.75) is 26.2 Å². The van der Waals surface area contributed by atoms with Crippen molar-refractivity contribution in [2.75, 3.05) is 37.6 Å². The van der Waals surface area contributed by atoms with Gasteiger partial charge in [0.05, 0.1) is 12.5 Å². The fourth-order valence-corrected chi connectivity index (χ4v) is 3.78. The van der Waals surface area contributed by atoms with Crippen LogP contribution in [0, 0.1) is 5.92 Å². The molecule has 1 aliphatic rings. The number of aromatic nitrogens is 1. The van der Waals surface area contributed by atoms with Crippen LogP contribution in [0.5, 0.6) is 0 Å². The second kappa shape index (κ2) is 8.90. The van der Waals surface area contributed by atoms with Crippen LogP contribution in [0.3, 0.4) is 0 Å². The Morgan fingerprint density at radius 3 is 2.78 bits per heavy atom. The van der Waals surface area contributed by atoms with Gasteiger partial charge in [0, 0.05) is 49.0 Å². The maximum absolute atomic E-state index is 12.9. The number of anilines is 1. The van der Waals surface area contributed by atoms with E-state index in [-0.39, 0.29) is 18.4 Å². The van der Waals surface area contributed by atoms with E-state index in [4.69, 9.17) is 0 Å². The van der Waals surface area contributed by atoms with Gasteiger partial charge in [0.2, 0.25) is 12.3 Å². The summed E-state index contributed by atoms with van der Waals surface area (Å²) in [7, 11) is 0. The van der Waals surface area contributed by atoms with Crippen molar-refractivity contribution in [3.63, 3.8) is 0 Å². The zero-order valence-corrected chi connectivity index (χ0v) is 15.8. The summed E-state index contributed by atoms with van der Waals surface area (Å²) in [4.78, 5) is 31.1. The van der Waals surface area contributed by atoms with Crippen molar-refractivity contribution in [3.05, 3.63) is 30.5 Å². The molecule has 1 aromatic carbocycles. The Balaban J connectivity index is 1.63. The monoisotopic (exact) mass is 372 g/mol. The molecule has 1 unspecified atom stereocenters. The third kappa shape index (κ3) is 4.42. The number of piperazine rings is 1. The fraction of sp³-hybridized carbons (Fsp3) is 0.500. The van der Waals surface area contributed by atoms with E-state index in [2.05, 4.69) is 35.0 Å². The molecular weight excluding hydrogens is 344 g/mol. The Hall–Kier alpha value is -2.54. The molecule has 27 heavy (non-hydrogen) atoms. The van der Waals surface area contributed by atoms with Crippen molar-refractivity contribution in [1.29, 1.82) is 0 Å². The molecule has 3 rings (SSSR count). The number of carbonyl (C=O) groups excluding carboxylic acids is 2. The third-order valence-electron chi connectivity index (χ3n) is 5.29. The van der Waals surface area contributed by atoms with Gasteiger partial charge in [-0.1, -0.05) is 25.8 Å². The molecule has 7 nitrogen and oxygen atoms in total. The Morgan fingerprint density at radius 1 is 1.30 bits per heavy atom. The molecule has 2 amide bonds. The van der Waals surface area contributed by atoms with Crippen LogP contribution < -0.4 is 4.90 Å². The van der Waals surface area contributed by atoms with Crippen molar-refractivity contribution in [3.8, 4) is 0 Å². The Kier molecular flexibility index (Phi) is 6.34. The van der Waals surface area contributed by atoms with Gasteiger partial charge in [-0.15, -0.1) is 0 Å². The molecule has 0 saturated carbocycles. The van der Waals surface area contributed by atoms with Gasteiger partial charge in [-0.3, -0.25) is 14.8 Å². The highest BCUT2D eigenvalue weighted by atomic mass is 16.5. The molecule has 0 aliphatic carbocycles. The Bertz CT molecular complexity index is 767. The number of fused-ring (bicyclic) bond motifs is 1. The lowest BCUT2D eigenvalue weighted by molar-refractivity contribution is -0.157. The normalized spacial score (nSPS) is 15.8. The molecule has 2 aromatic rings. The van der Waals surface area contributed by atoms with E-state index in [1.54, 1.807) is 0 Å². The minimum absolute atomic E-state index is 0.0313. The van der Waals surface area contributed by atoms with Crippen LogP contribution in [0.1, 0.15) is 26.2 Å². The minimum atomic E-state index is -0.347. The maximum Gasteiger partial charge on any atom is 0.233 e. The summed E-state index contributed by atoms with van der Waals surface area (Å²) in [6.45, 7) is 4.97. The number of nitrogens with one attached hydrogen (secondary N) is 1. The molecule has 1 saturated heterocycles. The summed E-state index contributed by atoms with van der Waals surface area (Å²) in [5, 5.41) is 11.3. The van der Waals surface area contributed by atoms with E-state index < -0.39 is 0 Å². The minimum Gasteiger partial charge on any atom is -0.367 e. The highest BCUT2D eigenvalue weighted by molar-refractivity contribution is 5.92. The topological polar surface area (TPSA) is 79.9 Å². The van der Waals surface area contributed by atoms with Crippen molar-refractivity contribution in [2.24, 2.45) is 5.92 Å². The first-order valence-electron chi connectivity index (χ1n) is 9.64. The van der Waals surface area contributed by atoms with E-state index in [0.29, 0.717) is 31.0 Å². The summed E-state index contributed by atoms with van der Waals surface area (Å²) in [5.74, 6) is -0.316. The van der Waals surface area contributed by atoms with Gasteiger partial charge < -0.3 is 14.8 Å². The van der Waals surface area contributed by atoms with E-state index >= 15 is 0 Å². The predicted octanol–water partition coefficient (Wildman–Crippen LogP) is 2.47. The number of unbranched alkanes of at least 4 members (excludes halogenated alkanes) is 1. The first kappa shape index (κ1) is 19.2. The molecule has 1 fully saturated rings. The highest BCUT2D eigenvalue weighted by Gasteiger charge is 2.28. The standard InChI is InChI=1S/C20H28N4O3/c1-2-3-5-16(14-24(27)15-25)20(26)23-12-10-22(11-13-23)19-7-4-6-18-17(19)8-9-21-18/h4,6-9,15-16,21,27H,2-3,5,10-14H2,1H3. The van der Waals surface area contributed by atoms with Crippen LogP contribution in [0.25, 0.3) is 10.9 Å². The smallest absolute Gasteiger partial charge is 0.233 e. The van der Waals surface area contributed by atoms with Gasteiger partial charge >= 0.3 is 0 Å². The van der Waals surface area contributed by atoms with Gasteiger partial charge in [-0.25, -0.2) is 5.06 Å². The van der Waals surface area contributed by atoms with Crippen LogP contribution in [-0.4, -0.2) is 65.2 Å². The van der Waals surface area contributed by atoms with Crippen molar-refractivity contribution in [1.82, 2.24) is 14.9 Å². The van der Waals surface area contributed by atoms with Gasteiger partial charge in [-0.2, -0.15) is 0 Å². The molecule has 0 radical (unpaired) electrons. The first-order chi connectivity index (χ1) is 13.1. The summed E-state index contributed by atoms with van der Waals surface area (Å²) in [5.41, 5.74) is 2.30. The molecule has 7 heteroatoms. The number of rotatable bonds is 8. The zero-order chi connectivity index (χ0) is 19.2. The molecule has 0 spiro atoms. The van der Waals surface area contributed by atoms with E-state index in [1.807, 2.05) is 17.2 Å². The van der Waals surface area contributed by atoms with Crippen LogP contribution >= 0.6 is 0 Å². The van der Waals surface area contributed by atoms with Gasteiger partial charge in [0.1, 0.15) is 0 Å². The van der Waals surface area contributed by atoms with E-state index in [1.165, 1.54) is 11.1 Å². The second-order valence-corrected chi connectivity index (χ2v) is 7.09. The lowest BCUT2D eigenvalue weighted by Gasteiger charge is -2.38. The maximum atomic E-state index is 12.9. The van der Waals surface area contributed by atoms with Crippen molar-refractivity contribution < 1.29 is 14.8 Å². The predicted molar refractivity (Wildman–Crippen MR) is 105 cm³/mol. The van der Waals surface area contributed by atoms with Crippen LogP contribution in [0.2, 0.25) is 0 Å². The Morgan fingerprint density at radius 2 is 2.07 bits per heavy atom. The van der Waals surface area contributed by atoms with Gasteiger partial charge in [-0.05, 0) is 24.6 Å². The molecular formula is C20H28N4O3. The number of carbonyl (C=O) groups is 2. The number of benzene rings is 1. The van der Waals surface area contributed by atoms with Gasteiger partial charge in [0.15, 0.2) is 0 Å². The highest BCUT2D eigenvalue weighted by Crippen LogP contribution is 2.27. The lowest BCUT2D eigenvalue weighted by Crippen LogP contribution is -2.51. The van der Waals surface area contributed by atoms with Crippen LogP contribution in [0.15, 0.2) is 30.5 Å². The SMILES string of the molecule is CCCCC(CN(O)C=O)C(=O)N1CCN(c2cccc3[nH]ccc23)CC1. The number of hydrogen-bond donors (Lipinski definition) is 2. The Labute approximate surface area is 159 Å². The molecule has 1 atom stereocenters. The largest absolute Gasteiger partial charge is 0.367 e. The van der Waals surface area contributed by atoms with E-state index in [9.17, 15) is 14.8 Å². The number of nitrogens with zero attached hydrogens (tertiary/aromatic N) is 3. The van der Waals surface area contributed by atoms with E-state index in [0.717, 1.165) is 31.4 Å². The lowest BCUT2D eigenvalue weighted by atomic mass is 9.99. The third-order valence-corrected chi connectivity index (χ3v) is 5.29. The number of aromatic amines is 1. The number of hydrogen-bond acceptors (Lipinski definition) is 4. The molecule has 2 heterocycles. The zero-order valence-electron chi connectivity index (χ0n) is 15.8. The molecule has 1 aliphatic heterocycles. The average molecular weight is 372 g/mol. The summed E-state index contributed by atoms with van der Waals surface area (Å²) >= 11 is 0. The molecule has 1 aromatic heterocycles. The van der Waals surface area contributed by atoms with Crippen LogP contribution in [0.4, 0.5) is 5.69 Å². The number of H-pyrrole nitrogens is 1. The fourth-order valence-electron chi connectivity index (χ4n) is 3.78.